The molecule has 0 atom stereocenters. The maximum absolute atomic E-state index is 12.2. The Bertz CT molecular complexity index is 653. The molecule has 0 aliphatic heterocycles. The van der Waals surface area contributed by atoms with E-state index in [0.717, 1.165) is 5.56 Å². The van der Waals surface area contributed by atoms with Crippen LogP contribution in [0.25, 0.3) is 0 Å². The van der Waals surface area contributed by atoms with Crippen molar-refractivity contribution in [3.05, 3.63) is 45.7 Å². The molecule has 0 amide bonds. The number of alkyl halides is 1. The first-order chi connectivity index (χ1) is 8.54. The van der Waals surface area contributed by atoms with E-state index in [-0.39, 0.29) is 4.21 Å². The number of hydrogen-bond donors (Lipinski definition) is 1. The fourth-order valence-electron chi connectivity index (χ4n) is 1.40. The van der Waals surface area contributed by atoms with E-state index in [9.17, 15) is 8.42 Å². The third-order valence-corrected chi connectivity index (χ3v) is 6.87. The minimum absolute atomic E-state index is 0.284. The van der Waals surface area contributed by atoms with Gasteiger partial charge in [-0.15, -0.1) is 11.3 Å². The zero-order valence-electron chi connectivity index (χ0n) is 9.06. The van der Waals surface area contributed by atoms with Gasteiger partial charge in [-0.2, -0.15) is 0 Å². The smallest absolute Gasteiger partial charge is 0.272 e. The summed E-state index contributed by atoms with van der Waals surface area (Å²) in [6.07, 6.45) is 0. The second-order valence-electron chi connectivity index (χ2n) is 3.45. The highest BCUT2D eigenvalue weighted by atomic mass is 79.9. The lowest BCUT2D eigenvalue weighted by Crippen LogP contribution is -2.13. The van der Waals surface area contributed by atoms with Crippen LogP contribution >= 0.6 is 43.2 Å². The Morgan fingerprint density at radius 1 is 1.22 bits per heavy atom. The van der Waals surface area contributed by atoms with Crippen molar-refractivity contribution in [2.75, 3.05) is 4.72 Å². The van der Waals surface area contributed by atoms with Gasteiger partial charge in [0.15, 0.2) is 4.21 Å². The van der Waals surface area contributed by atoms with Crippen LogP contribution in [0.2, 0.25) is 0 Å². The molecule has 3 nitrogen and oxygen atoms in total. The van der Waals surface area contributed by atoms with Gasteiger partial charge < -0.3 is 0 Å². The highest BCUT2D eigenvalue weighted by molar-refractivity contribution is 9.10. The SMILES string of the molecule is O=S(=O)(Nc1ccccc1CBr)c1sccc1Br. The summed E-state index contributed by atoms with van der Waals surface area (Å²) in [4.78, 5) is 0. The summed E-state index contributed by atoms with van der Waals surface area (Å²) in [6.45, 7) is 0. The number of para-hydroxylation sites is 1. The van der Waals surface area contributed by atoms with E-state index in [1.165, 1.54) is 11.3 Å². The normalized spacial score (nSPS) is 11.4. The molecular weight excluding hydrogens is 402 g/mol. The van der Waals surface area contributed by atoms with Crippen molar-refractivity contribution in [3.8, 4) is 0 Å². The predicted octanol–water partition coefficient (Wildman–Crippen LogP) is 4.21. The number of anilines is 1. The van der Waals surface area contributed by atoms with E-state index in [0.29, 0.717) is 15.5 Å². The first-order valence-corrected chi connectivity index (χ1v) is 9.22. The molecule has 18 heavy (non-hydrogen) atoms. The highest BCUT2D eigenvalue weighted by Gasteiger charge is 2.20. The Balaban J connectivity index is 2.37. The van der Waals surface area contributed by atoms with Crippen LogP contribution in [0, 0.1) is 0 Å². The van der Waals surface area contributed by atoms with E-state index >= 15 is 0 Å². The maximum atomic E-state index is 12.2. The van der Waals surface area contributed by atoms with Crippen molar-refractivity contribution in [2.24, 2.45) is 0 Å². The minimum atomic E-state index is -3.53. The predicted molar refractivity (Wildman–Crippen MR) is 81.9 cm³/mol. The fourth-order valence-corrected chi connectivity index (χ4v) is 5.33. The van der Waals surface area contributed by atoms with Gasteiger partial charge in [0.2, 0.25) is 0 Å². The largest absolute Gasteiger partial charge is 0.279 e. The zero-order valence-corrected chi connectivity index (χ0v) is 13.9. The number of sulfonamides is 1. The number of halogens is 2. The minimum Gasteiger partial charge on any atom is -0.279 e. The van der Waals surface area contributed by atoms with Crippen LogP contribution in [0.1, 0.15) is 5.56 Å². The lowest BCUT2D eigenvalue weighted by atomic mass is 10.2. The summed E-state index contributed by atoms with van der Waals surface area (Å²) in [5.74, 6) is 0. The van der Waals surface area contributed by atoms with Crippen LogP contribution in [0.3, 0.4) is 0 Å². The first-order valence-electron chi connectivity index (χ1n) is 4.94. The van der Waals surface area contributed by atoms with Gasteiger partial charge in [-0.25, -0.2) is 8.42 Å². The third kappa shape index (κ3) is 2.96. The molecule has 1 aromatic heterocycles. The van der Waals surface area contributed by atoms with Crippen molar-refractivity contribution in [1.29, 1.82) is 0 Å². The van der Waals surface area contributed by atoms with Crippen molar-refractivity contribution in [1.82, 2.24) is 0 Å². The Hall–Kier alpha value is -0.370. The molecular formula is C11H9Br2NO2S2. The molecule has 1 aromatic carbocycles. The summed E-state index contributed by atoms with van der Waals surface area (Å²) in [5, 5.41) is 2.33. The topological polar surface area (TPSA) is 46.2 Å². The second-order valence-corrected chi connectivity index (χ2v) is 7.66. The molecule has 96 valence electrons. The van der Waals surface area contributed by atoms with Crippen LogP contribution in [0.15, 0.2) is 44.4 Å². The van der Waals surface area contributed by atoms with Crippen LogP contribution in [-0.4, -0.2) is 8.42 Å². The first kappa shape index (κ1) is 14.0. The lowest BCUT2D eigenvalue weighted by Gasteiger charge is -2.10. The molecule has 2 rings (SSSR count). The number of nitrogens with one attached hydrogen (secondary N) is 1. The van der Waals surface area contributed by atoms with Gasteiger partial charge in [0, 0.05) is 9.80 Å². The molecule has 0 unspecified atom stereocenters. The van der Waals surface area contributed by atoms with Crippen molar-refractivity contribution in [3.63, 3.8) is 0 Å². The Morgan fingerprint density at radius 2 is 1.94 bits per heavy atom. The quantitative estimate of drug-likeness (QED) is 0.767. The number of benzene rings is 1. The van der Waals surface area contributed by atoms with Crippen LogP contribution in [0.4, 0.5) is 5.69 Å². The molecule has 0 saturated heterocycles. The van der Waals surface area contributed by atoms with Gasteiger partial charge in [0.1, 0.15) is 0 Å². The monoisotopic (exact) mass is 409 g/mol. The highest BCUT2D eigenvalue weighted by Crippen LogP contribution is 2.30. The van der Waals surface area contributed by atoms with Gasteiger partial charge in [-0.05, 0) is 39.0 Å². The van der Waals surface area contributed by atoms with Gasteiger partial charge in [-0.1, -0.05) is 34.1 Å². The van der Waals surface area contributed by atoms with Gasteiger partial charge in [0.25, 0.3) is 10.0 Å². The van der Waals surface area contributed by atoms with Crippen molar-refractivity contribution in [2.45, 2.75) is 9.54 Å². The molecule has 2 aromatic rings. The van der Waals surface area contributed by atoms with Crippen LogP contribution in [-0.2, 0) is 15.4 Å². The lowest BCUT2D eigenvalue weighted by molar-refractivity contribution is 0.603. The molecule has 0 radical (unpaired) electrons. The van der Waals surface area contributed by atoms with E-state index < -0.39 is 10.0 Å². The van der Waals surface area contributed by atoms with Crippen LogP contribution in [0.5, 0.6) is 0 Å². The van der Waals surface area contributed by atoms with E-state index in [1.807, 2.05) is 12.1 Å². The average Bonchev–Trinajstić information content (AvgIpc) is 2.76. The second kappa shape index (κ2) is 5.73. The Kier molecular flexibility index (Phi) is 4.47. The zero-order chi connectivity index (χ0) is 13.2. The summed E-state index contributed by atoms with van der Waals surface area (Å²) >= 11 is 7.75. The number of hydrogen-bond acceptors (Lipinski definition) is 3. The van der Waals surface area contributed by atoms with E-state index in [1.54, 1.807) is 23.6 Å². The molecule has 0 aliphatic carbocycles. The molecule has 0 bridgehead atoms. The Morgan fingerprint density at radius 3 is 2.56 bits per heavy atom. The van der Waals surface area contributed by atoms with Gasteiger partial charge in [0.05, 0.1) is 5.69 Å². The van der Waals surface area contributed by atoms with Crippen molar-refractivity contribution >= 4 is 58.9 Å². The molecule has 0 spiro atoms. The Labute approximate surface area is 127 Å². The third-order valence-electron chi connectivity index (χ3n) is 2.23. The summed E-state index contributed by atoms with van der Waals surface area (Å²) in [7, 11) is -3.53. The van der Waals surface area contributed by atoms with E-state index in [2.05, 4.69) is 36.6 Å². The van der Waals surface area contributed by atoms with Crippen LogP contribution < -0.4 is 4.72 Å². The molecule has 1 heterocycles. The van der Waals surface area contributed by atoms with Gasteiger partial charge in [-0.3, -0.25) is 4.72 Å². The maximum Gasteiger partial charge on any atom is 0.272 e. The summed E-state index contributed by atoms with van der Waals surface area (Å²) < 4.78 is 27.9. The number of rotatable bonds is 4. The molecule has 0 fully saturated rings. The fraction of sp³-hybridized carbons (Fsp3) is 0.0909. The standard InChI is InChI=1S/C11H9Br2NO2S2/c12-7-8-3-1-2-4-10(8)14-18(15,16)11-9(13)5-6-17-11/h1-6,14H,7H2. The average molecular weight is 411 g/mol. The molecule has 0 aliphatic rings. The van der Waals surface area contributed by atoms with Crippen molar-refractivity contribution < 1.29 is 8.42 Å². The molecule has 7 heteroatoms. The summed E-state index contributed by atoms with van der Waals surface area (Å²) in [5.41, 5.74) is 1.49. The van der Waals surface area contributed by atoms with Gasteiger partial charge >= 0.3 is 0 Å². The summed E-state index contributed by atoms with van der Waals surface area (Å²) in [6, 6.07) is 9.00. The molecule has 1 N–H and O–H groups in total. The number of thiophene rings is 1. The molecule has 0 saturated carbocycles. The van der Waals surface area contributed by atoms with E-state index in [4.69, 9.17) is 0 Å².